The highest BCUT2D eigenvalue weighted by Gasteiger charge is 2.37. The molecule has 8 nitrogen and oxygen atoms in total. The Balaban J connectivity index is 1.37. The maximum atomic E-state index is 13.5. The van der Waals surface area contributed by atoms with E-state index in [9.17, 15) is 14.4 Å². The van der Waals surface area contributed by atoms with Gasteiger partial charge in [0, 0.05) is 22.2 Å². The Morgan fingerprint density at radius 1 is 0.833 bits per heavy atom. The number of methoxy groups -OCH3 is 1. The third kappa shape index (κ3) is 6.45. The zero-order valence-corrected chi connectivity index (χ0v) is 23.7. The van der Waals surface area contributed by atoms with Gasteiger partial charge in [-0.2, -0.15) is 0 Å². The van der Waals surface area contributed by atoms with Crippen molar-refractivity contribution in [3.05, 3.63) is 124 Å². The molecule has 4 amide bonds. The first-order valence-corrected chi connectivity index (χ1v) is 13.4. The molecule has 0 aromatic heterocycles. The molecule has 1 aliphatic heterocycles. The Morgan fingerprint density at radius 3 is 2.26 bits per heavy atom. The molecule has 1 heterocycles. The Kier molecular flexibility index (Phi) is 8.55. The first kappa shape index (κ1) is 28.4. The molecule has 9 heteroatoms. The number of urea groups is 1. The van der Waals surface area contributed by atoms with Crippen LogP contribution < -0.4 is 24.4 Å². The number of amides is 4. The first-order chi connectivity index (χ1) is 20.3. The second-order valence-corrected chi connectivity index (χ2v) is 9.92. The first-order valence-electron chi connectivity index (χ1n) is 13.1. The Bertz CT molecular complexity index is 1670. The largest absolute Gasteiger partial charge is 0.497 e. The number of hydrogen-bond donors (Lipinski definition) is 1. The second kappa shape index (κ2) is 12.6. The van der Waals surface area contributed by atoms with Crippen molar-refractivity contribution in [2.75, 3.05) is 12.0 Å². The Hall–Kier alpha value is -5.08. The molecule has 0 atom stereocenters. The van der Waals surface area contributed by atoms with E-state index in [0.717, 1.165) is 21.6 Å². The second-order valence-electron chi connectivity index (χ2n) is 9.51. The van der Waals surface area contributed by atoms with Gasteiger partial charge in [-0.25, -0.2) is 9.69 Å². The zero-order chi connectivity index (χ0) is 29.6. The van der Waals surface area contributed by atoms with Crippen LogP contribution in [0.3, 0.4) is 0 Å². The highest BCUT2D eigenvalue weighted by molar-refractivity contribution is 6.39. The normalized spacial score (nSPS) is 14.1. The Morgan fingerprint density at radius 2 is 1.55 bits per heavy atom. The summed E-state index contributed by atoms with van der Waals surface area (Å²) in [6.45, 7) is 2.51. The molecule has 0 bridgehead atoms. The van der Waals surface area contributed by atoms with Crippen molar-refractivity contribution in [2.45, 2.75) is 20.1 Å². The number of barbiturate groups is 1. The van der Waals surface area contributed by atoms with Gasteiger partial charge in [0.05, 0.1) is 12.8 Å². The lowest BCUT2D eigenvalue weighted by atomic mass is 10.1. The zero-order valence-electron chi connectivity index (χ0n) is 22.9. The molecule has 4 aromatic rings. The van der Waals surface area contributed by atoms with Crippen LogP contribution in [0.5, 0.6) is 17.2 Å². The number of nitrogens with one attached hydrogen (secondary N) is 1. The van der Waals surface area contributed by atoms with Crippen LogP contribution in [0.2, 0.25) is 5.02 Å². The summed E-state index contributed by atoms with van der Waals surface area (Å²) in [6.07, 6.45) is 1.40. The molecule has 0 unspecified atom stereocenters. The van der Waals surface area contributed by atoms with Gasteiger partial charge in [-0.3, -0.25) is 14.9 Å². The predicted octanol–water partition coefficient (Wildman–Crippen LogP) is 6.48. The van der Waals surface area contributed by atoms with Crippen molar-refractivity contribution < 1.29 is 28.6 Å². The smallest absolute Gasteiger partial charge is 0.335 e. The number of benzene rings is 4. The minimum Gasteiger partial charge on any atom is -0.497 e. The summed E-state index contributed by atoms with van der Waals surface area (Å²) in [7, 11) is 1.53. The summed E-state index contributed by atoms with van der Waals surface area (Å²) in [5, 5.41) is 2.84. The molecular weight excluding hydrogens is 556 g/mol. The van der Waals surface area contributed by atoms with Crippen molar-refractivity contribution >= 4 is 41.2 Å². The fourth-order valence-electron chi connectivity index (χ4n) is 4.25. The van der Waals surface area contributed by atoms with Crippen LogP contribution in [0.15, 0.2) is 96.6 Å². The van der Waals surface area contributed by atoms with Gasteiger partial charge in [0.1, 0.15) is 36.0 Å². The third-order valence-electron chi connectivity index (χ3n) is 6.58. The van der Waals surface area contributed by atoms with Gasteiger partial charge in [0.25, 0.3) is 11.8 Å². The minimum absolute atomic E-state index is 0.223. The highest BCUT2D eigenvalue weighted by Crippen LogP contribution is 2.30. The number of imide groups is 2. The van der Waals surface area contributed by atoms with Gasteiger partial charge in [-0.15, -0.1) is 0 Å². The lowest BCUT2D eigenvalue weighted by molar-refractivity contribution is -0.122. The molecular formula is C33H27ClN2O6. The van der Waals surface area contributed by atoms with Gasteiger partial charge in [0.15, 0.2) is 0 Å². The van der Waals surface area contributed by atoms with E-state index in [4.69, 9.17) is 25.8 Å². The molecule has 5 rings (SSSR count). The molecule has 1 fully saturated rings. The van der Waals surface area contributed by atoms with E-state index in [1.165, 1.54) is 13.2 Å². The van der Waals surface area contributed by atoms with Crippen molar-refractivity contribution in [2.24, 2.45) is 0 Å². The number of carbonyl (C=O) groups excluding carboxylic acids is 3. The van der Waals surface area contributed by atoms with Crippen LogP contribution in [0.25, 0.3) is 6.08 Å². The number of ether oxygens (including phenoxy) is 3. The van der Waals surface area contributed by atoms with E-state index in [-0.39, 0.29) is 24.5 Å². The molecule has 42 heavy (non-hydrogen) atoms. The number of rotatable bonds is 9. The minimum atomic E-state index is -0.850. The fourth-order valence-corrected chi connectivity index (χ4v) is 4.44. The summed E-state index contributed by atoms with van der Waals surface area (Å²) < 4.78 is 17.2. The lowest BCUT2D eigenvalue weighted by Crippen LogP contribution is -2.54. The number of carbonyl (C=O) groups is 3. The molecule has 1 N–H and O–H groups in total. The summed E-state index contributed by atoms with van der Waals surface area (Å²) in [5.74, 6) is -0.102. The molecule has 0 spiro atoms. The predicted molar refractivity (Wildman–Crippen MR) is 160 cm³/mol. The topological polar surface area (TPSA) is 94.2 Å². The third-order valence-corrected chi connectivity index (χ3v) is 6.95. The maximum Gasteiger partial charge on any atom is 0.335 e. The van der Waals surface area contributed by atoms with Crippen LogP contribution in [-0.2, 0) is 22.8 Å². The lowest BCUT2D eigenvalue weighted by Gasteiger charge is -2.26. The molecule has 1 saturated heterocycles. The molecule has 212 valence electrons. The number of hydrogen-bond acceptors (Lipinski definition) is 6. The maximum absolute atomic E-state index is 13.5. The van der Waals surface area contributed by atoms with Crippen molar-refractivity contribution in [3.63, 3.8) is 0 Å². The molecule has 0 saturated carbocycles. The standard InChI is InChI=1S/C33H27ClN2O6/c1-21-7-9-22(10-8-21)19-42-30-18-27(40-2)14-11-23(30)17-28-31(37)35-33(39)36(32(28)38)25-12-15-26(16-13-25)41-20-24-5-3-4-6-29(24)34/h3-18H,19-20H2,1-2H3,(H,35,37,39)/b28-17+. The van der Waals surface area contributed by atoms with Crippen molar-refractivity contribution in [1.29, 1.82) is 0 Å². The molecule has 0 radical (unpaired) electrons. The van der Waals surface area contributed by atoms with Crippen LogP contribution >= 0.6 is 11.6 Å². The number of nitrogens with zero attached hydrogens (tertiary/aromatic N) is 1. The summed E-state index contributed by atoms with van der Waals surface area (Å²) in [5.41, 5.74) is 3.42. The highest BCUT2D eigenvalue weighted by atomic mass is 35.5. The number of aryl methyl sites for hydroxylation is 1. The monoisotopic (exact) mass is 582 g/mol. The number of halogens is 1. The summed E-state index contributed by atoms with van der Waals surface area (Å²) in [6, 6.07) is 25.8. The van der Waals surface area contributed by atoms with E-state index >= 15 is 0 Å². The van der Waals surface area contributed by atoms with Crippen molar-refractivity contribution in [1.82, 2.24) is 5.32 Å². The van der Waals surface area contributed by atoms with E-state index < -0.39 is 17.8 Å². The van der Waals surface area contributed by atoms with Gasteiger partial charge >= 0.3 is 6.03 Å². The van der Waals surface area contributed by atoms with E-state index in [0.29, 0.717) is 27.8 Å². The summed E-state index contributed by atoms with van der Waals surface area (Å²) in [4.78, 5) is 39.9. The van der Waals surface area contributed by atoms with Crippen LogP contribution in [-0.4, -0.2) is 25.0 Å². The number of anilines is 1. The molecule has 4 aromatic carbocycles. The molecule has 1 aliphatic rings. The average molecular weight is 583 g/mol. The van der Waals surface area contributed by atoms with E-state index in [1.807, 2.05) is 49.4 Å². The van der Waals surface area contributed by atoms with Gasteiger partial charge in [-0.1, -0.05) is 59.6 Å². The Labute approximate surface area is 248 Å². The van der Waals surface area contributed by atoms with Crippen LogP contribution in [0.4, 0.5) is 10.5 Å². The molecule has 0 aliphatic carbocycles. The van der Waals surface area contributed by atoms with Gasteiger partial charge in [-0.05, 0) is 61.0 Å². The van der Waals surface area contributed by atoms with Crippen LogP contribution in [0, 0.1) is 6.92 Å². The van der Waals surface area contributed by atoms with Gasteiger partial charge < -0.3 is 14.2 Å². The van der Waals surface area contributed by atoms with Gasteiger partial charge in [0.2, 0.25) is 0 Å². The van der Waals surface area contributed by atoms with Crippen LogP contribution in [0.1, 0.15) is 22.3 Å². The van der Waals surface area contributed by atoms with E-state index in [1.54, 1.807) is 48.5 Å². The SMILES string of the molecule is COc1ccc(/C=C2\C(=O)NC(=O)N(c3ccc(OCc4ccccc4Cl)cc3)C2=O)c(OCc2ccc(C)cc2)c1. The quantitative estimate of drug-likeness (QED) is 0.179. The fraction of sp³-hybridized carbons (Fsp3) is 0.121. The van der Waals surface area contributed by atoms with Crippen molar-refractivity contribution in [3.8, 4) is 17.2 Å². The van der Waals surface area contributed by atoms with E-state index in [2.05, 4.69) is 5.32 Å². The average Bonchev–Trinajstić information content (AvgIpc) is 2.99. The summed E-state index contributed by atoms with van der Waals surface area (Å²) >= 11 is 6.19.